The average molecular weight is 300 g/mol. The second kappa shape index (κ2) is 8.56. The van der Waals surface area contributed by atoms with Crippen LogP contribution in [0.3, 0.4) is 0 Å². The summed E-state index contributed by atoms with van der Waals surface area (Å²) in [7, 11) is 0. The molecule has 0 aliphatic heterocycles. The van der Waals surface area contributed by atoms with Crippen LogP contribution >= 0.6 is 0 Å². The Kier molecular flexibility index (Phi) is 7.08. The highest BCUT2D eigenvalue weighted by Crippen LogP contribution is 2.12. The van der Waals surface area contributed by atoms with Crippen LogP contribution in [-0.4, -0.2) is 23.8 Å². The second-order valence-corrected chi connectivity index (χ2v) is 4.94. The normalized spacial score (nSPS) is 12.3. The minimum absolute atomic E-state index is 0.0747. The first kappa shape index (κ1) is 17.4. The number of rotatable bonds is 7. The van der Waals surface area contributed by atoms with Gasteiger partial charge in [0, 0.05) is 18.7 Å². The number of halogens is 2. The molecule has 1 aromatic carbocycles. The molecule has 2 amide bonds. The van der Waals surface area contributed by atoms with E-state index in [9.17, 15) is 18.7 Å². The Morgan fingerprint density at radius 1 is 1.24 bits per heavy atom. The van der Waals surface area contributed by atoms with Crippen molar-refractivity contribution in [2.24, 2.45) is 5.92 Å². The number of carbonyl (C=O) groups is 1. The molecule has 0 aromatic heterocycles. The topological polar surface area (TPSA) is 61.4 Å². The fourth-order valence-electron chi connectivity index (χ4n) is 2.11. The molecule has 0 heterocycles. The fourth-order valence-corrected chi connectivity index (χ4v) is 2.11. The molecule has 0 spiro atoms. The van der Waals surface area contributed by atoms with Gasteiger partial charge in [-0.05, 0) is 24.1 Å². The fraction of sp³-hybridized carbons (Fsp3) is 0.533. The van der Waals surface area contributed by atoms with Gasteiger partial charge in [-0.1, -0.05) is 26.7 Å². The van der Waals surface area contributed by atoms with Crippen molar-refractivity contribution in [3.63, 3.8) is 0 Å². The van der Waals surface area contributed by atoms with Crippen LogP contribution in [0.5, 0.6) is 0 Å². The van der Waals surface area contributed by atoms with E-state index < -0.39 is 23.8 Å². The SMILES string of the molecule is CCC(CC)C(O)CNC(=O)NCc1cc(F)ccc1F. The number of carbonyl (C=O) groups excluding carboxylic acids is 1. The molecule has 0 fully saturated rings. The highest BCUT2D eigenvalue weighted by atomic mass is 19.1. The molecule has 1 rings (SSSR count). The van der Waals surface area contributed by atoms with Crippen LogP contribution in [0.25, 0.3) is 0 Å². The first-order chi connectivity index (χ1) is 9.97. The van der Waals surface area contributed by atoms with Crippen molar-refractivity contribution in [1.29, 1.82) is 0 Å². The maximum atomic E-state index is 13.4. The summed E-state index contributed by atoms with van der Waals surface area (Å²) in [6.45, 7) is 3.97. The second-order valence-electron chi connectivity index (χ2n) is 4.94. The van der Waals surface area contributed by atoms with Crippen LogP contribution in [0, 0.1) is 17.6 Å². The lowest BCUT2D eigenvalue weighted by Gasteiger charge is -2.20. The number of aliphatic hydroxyl groups excluding tert-OH is 1. The van der Waals surface area contributed by atoms with E-state index >= 15 is 0 Å². The smallest absolute Gasteiger partial charge is 0.315 e. The van der Waals surface area contributed by atoms with Gasteiger partial charge in [0.15, 0.2) is 0 Å². The zero-order chi connectivity index (χ0) is 15.8. The highest BCUT2D eigenvalue weighted by Gasteiger charge is 2.16. The minimum Gasteiger partial charge on any atom is -0.391 e. The van der Waals surface area contributed by atoms with Crippen molar-refractivity contribution < 1.29 is 18.7 Å². The Labute approximate surface area is 123 Å². The van der Waals surface area contributed by atoms with E-state index in [-0.39, 0.29) is 24.6 Å². The molecule has 118 valence electrons. The molecule has 0 radical (unpaired) electrons. The maximum Gasteiger partial charge on any atom is 0.315 e. The van der Waals surface area contributed by atoms with Gasteiger partial charge in [0.2, 0.25) is 0 Å². The minimum atomic E-state index is -0.614. The van der Waals surface area contributed by atoms with Crippen molar-refractivity contribution in [2.75, 3.05) is 6.54 Å². The quantitative estimate of drug-likeness (QED) is 0.725. The van der Waals surface area contributed by atoms with Crippen LogP contribution in [0.15, 0.2) is 18.2 Å². The standard InChI is InChI=1S/C15H22F2N2O2/c1-3-10(4-2)14(20)9-19-15(21)18-8-11-7-12(16)5-6-13(11)17/h5-7,10,14,20H,3-4,8-9H2,1-2H3,(H2,18,19,21). The summed E-state index contributed by atoms with van der Waals surface area (Å²) in [5.74, 6) is -1.00. The van der Waals surface area contributed by atoms with Crippen molar-refractivity contribution in [1.82, 2.24) is 10.6 Å². The third-order valence-corrected chi connectivity index (χ3v) is 3.51. The zero-order valence-electron chi connectivity index (χ0n) is 12.3. The first-order valence-corrected chi connectivity index (χ1v) is 7.11. The lowest BCUT2D eigenvalue weighted by molar-refractivity contribution is 0.103. The Balaban J connectivity index is 2.39. The maximum absolute atomic E-state index is 13.4. The van der Waals surface area contributed by atoms with Gasteiger partial charge in [0.25, 0.3) is 0 Å². The third kappa shape index (κ3) is 5.67. The molecule has 1 aromatic rings. The van der Waals surface area contributed by atoms with Crippen LogP contribution in [0.2, 0.25) is 0 Å². The largest absolute Gasteiger partial charge is 0.391 e. The van der Waals surface area contributed by atoms with Crippen LogP contribution < -0.4 is 10.6 Å². The number of hydrogen-bond acceptors (Lipinski definition) is 2. The van der Waals surface area contributed by atoms with Crippen molar-refractivity contribution in [2.45, 2.75) is 39.3 Å². The van der Waals surface area contributed by atoms with Gasteiger partial charge in [-0.3, -0.25) is 0 Å². The van der Waals surface area contributed by atoms with E-state index in [0.29, 0.717) is 0 Å². The predicted octanol–water partition coefficient (Wildman–Crippen LogP) is 2.56. The summed E-state index contributed by atoms with van der Waals surface area (Å²) in [4.78, 5) is 11.6. The number of hydrogen-bond donors (Lipinski definition) is 3. The number of urea groups is 1. The monoisotopic (exact) mass is 300 g/mol. The number of amides is 2. The Morgan fingerprint density at radius 3 is 2.52 bits per heavy atom. The van der Waals surface area contributed by atoms with Crippen molar-refractivity contribution >= 4 is 6.03 Å². The van der Waals surface area contributed by atoms with Gasteiger partial charge in [-0.25, -0.2) is 13.6 Å². The number of nitrogens with one attached hydrogen (secondary N) is 2. The molecule has 3 N–H and O–H groups in total. The molecule has 0 bridgehead atoms. The van der Waals surface area contributed by atoms with E-state index in [2.05, 4.69) is 10.6 Å². The van der Waals surface area contributed by atoms with Gasteiger partial charge in [-0.15, -0.1) is 0 Å². The molecule has 0 saturated heterocycles. The zero-order valence-corrected chi connectivity index (χ0v) is 12.3. The van der Waals surface area contributed by atoms with Gasteiger partial charge in [0.1, 0.15) is 11.6 Å². The molecule has 1 unspecified atom stereocenters. The third-order valence-electron chi connectivity index (χ3n) is 3.51. The Hall–Kier alpha value is -1.69. The number of benzene rings is 1. The molecule has 21 heavy (non-hydrogen) atoms. The molecule has 6 heteroatoms. The summed E-state index contributed by atoms with van der Waals surface area (Å²) in [5.41, 5.74) is 0.0747. The highest BCUT2D eigenvalue weighted by molar-refractivity contribution is 5.73. The predicted molar refractivity (Wildman–Crippen MR) is 76.7 cm³/mol. The van der Waals surface area contributed by atoms with Gasteiger partial charge in [0.05, 0.1) is 6.10 Å². The molecule has 0 aliphatic rings. The van der Waals surface area contributed by atoms with Crippen molar-refractivity contribution in [3.05, 3.63) is 35.4 Å². The van der Waals surface area contributed by atoms with E-state index in [0.717, 1.165) is 31.0 Å². The summed E-state index contributed by atoms with van der Waals surface area (Å²) in [6, 6.07) is 2.55. The molecule has 4 nitrogen and oxygen atoms in total. The molecular weight excluding hydrogens is 278 g/mol. The van der Waals surface area contributed by atoms with E-state index in [1.165, 1.54) is 0 Å². The van der Waals surface area contributed by atoms with E-state index in [1.54, 1.807) is 0 Å². The summed E-state index contributed by atoms with van der Waals surface area (Å²) < 4.78 is 26.3. The summed E-state index contributed by atoms with van der Waals surface area (Å²) in [5, 5.41) is 14.8. The van der Waals surface area contributed by atoms with Gasteiger partial charge in [-0.2, -0.15) is 0 Å². The lowest BCUT2D eigenvalue weighted by Crippen LogP contribution is -2.41. The van der Waals surface area contributed by atoms with Crippen molar-refractivity contribution in [3.8, 4) is 0 Å². The Morgan fingerprint density at radius 2 is 1.90 bits per heavy atom. The van der Waals surface area contributed by atoms with Gasteiger partial charge >= 0.3 is 6.03 Å². The summed E-state index contributed by atoms with van der Waals surface area (Å²) >= 11 is 0. The van der Waals surface area contributed by atoms with E-state index in [1.807, 2.05) is 13.8 Å². The van der Waals surface area contributed by atoms with Crippen LogP contribution in [0.1, 0.15) is 32.3 Å². The van der Waals surface area contributed by atoms with E-state index in [4.69, 9.17) is 0 Å². The molecular formula is C15H22F2N2O2. The van der Waals surface area contributed by atoms with Crippen LogP contribution in [-0.2, 0) is 6.54 Å². The molecule has 0 saturated carbocycles. The first-order valence-electron chi connectivity index (χ1n) is 7.11. The average Bonchev–Trinajstić information content (AvgIpc) is 2.47. The summed E-state index contributed by atoms with van der Waals surface area (Å²) in [6.07, 6.45) is 1.04. The number of aliphatic hydroxyl groups is 1. The molecule has 1 atom stereocenters. The lowest BCUT2D eigenvalue weighted by atomic mass is 9.97. The van der Waals surface area contributed by atoms with Crippen LogP contribution in [0.4, 0.5) is 13.6 Å². The Bertz CT molecular complexity index is 465. The molecule has 0 aliphatic carbocycles. The van der Waals surface area contributed by atoms with Gasteiger partial charge < -0.3 is 15.7 Å².